The van der Waals surface area contributed by atoms with Gasteiger partial charge in [-0.15, -0.1) is 0 Å². The molecule has 1 aliphatic rings. The first-order valence-electron chi connectivity index (χ1n) is 6.43. The first-order valence-corrected chi connectivity index (χ1v) is 7.87. The van der Waals surface area contributed by atoms with Gasteiger partial charge in [0.1, 0.15) is 0 Å². The number of aryl methyl sites for hydroxylation is 1. The van der Waals surface area contributed by atoms with E-state index >= 15 is 0 Å². The van der Waals surface area contributed by atoms with Gasteiger partial charge in [0.2, 0.25) is 10.0 Å². The van der Waals surface area contributed by atoms with Crippen LogP contribution in [0.5, 0.6) is 0 Å². The number of hydrogen-bond acceptors (Lipinski definition) is 4. The van der Waals surface area contributed by atoms with Gasteiger partial charge >= 0.3 is 0 Å². The van der Waals surface area contributed by atoms with Crippen LogP contribution in [0, 0.1) is 6.92 Å². The molecule has 0 saturated carbocycles. The van der Waals surface area contributed by atoms with Crippen LogP contribution < -0.4 is 5.73 Å². The van der Waals surface area contributed by atoms with E-state index in [1.54, 1.807) is 16.4 Å². The second kappa shape index (κ2) is 5.58. The van der Waals surface area contributed by atoms with Crippen LogP contribution in [0.25, 0.3) is 0 Å². The summed E-state index contributed by atoms with van der Waals surface area (Å²) in [6.07, 6.45) is 0. The van der Waals surface area contributed by atoms with Crippen molar-refractivity contribution in [1.82, 2.24) is 9.21 Å². The normalized spacial score (nSPS) is 18.7. The first-order chi connectivity index (χ1) is 8.95. The molecule has 2 N–H and O–H groups in total. The highest BCUT2D eigenvalue weighted by Gasteiger charge is 2.28. The zero-order valence-electron chi connectivity index (χ0n) is 11.5. The van der Waals surface area contributed by atoms with Crippen molar-refractivity contribution in [3.05, 3.63) is 29.3 Å². The summed E-state index contributed by atoms with van der Waals surface area (Å²) in [6.45, 7) is 4.91. The molecule has 0 unspecified atom stereocenters. The van der Waals surface area contributed by atoms with Gasteiger partial charge in [0.25, 0.3) is 0 Å². The zero-order valence-corrected chi connectivity index (χ0v) is 12.3. The van der Waals surface area contributed by atoms with Crippen LogP contribution in [-0.2, 0) is 16.6 Å². The molecular weight excluding hydrogens is 262 g/mol. The van der Waals surface area contributed by atoms with Crippen molar-refractivity contribution < 1.29 is 8.42 Å². The van der Waals surface area contributed by atoms with Gasteiger partial charge in [-0.1, -0.05) is 12.1 Å². The third kappa shape index (κ3) is 2.97. The Kier molecular flexibility index (Phi) is 4.25. The fourth-order valence-electron chi connectivity index (χ4n) is 2.30. The summed E-state index contributed by atoms with van der Waals surface area (Å²) < 4.78 is 26.7. The highest BCUT2D eigenvalue weighted by atomic mass is 32.2. The minimum absolute atomic E-state index is 0.397. The predicted molar refractivity (Wildman–Crippen MR) is 75.3 cm³/mol. The summed E-state index contributed by atoms with van der Waals surface area (Å²) in [6, 6.07) is 5.31. The molecule has 1 fully saturated rings. The number of sulfonamides is 1. The summed E-state index contributed by atoms with van der Waals surface area (Å²) in [4.78, 5) is 2.53. The highest BCUT2D eigenvalue weighted by Crippen LogP contribution is 2.22. The van der Waals surface area contributed by atoms with Gasteiger partial charge in [-0.2, -0.15) is 4.31 Å². The lowest BCUT2D eigenvalue weighted by atomic mass is 10.1. The Labute approximate surface area is 115 Å². The number of nitrogens with zero attached hydrogens (tertiary/aromatic N) is 2. The van der Waals surface area contributed by atoms with Crippen molar-refractivity contribution in [3.63, 3.8) is 0 Å². The molecule has 1 heterocycles. The van der Waals surface area contributed by atoms with E-state index in [4.69, 9.17) is 5.73 Å². The van der Waals surface area contributed by atoms with Crippen molar-refractivity contribution in [2.75, 3.05) is 33.2 Å². The van der Waals surface area contributed by atoms with E-state index in [-0.39, 0.29) is 0 Å². The minimum Gasteiger partial charge on any atom is -0.326 e. The van der Waals surface area contributed by atoms with Gasteiger partial charge in [-0.3, -0.25) is 0 Å². The fourth-order valence-corrected chi connectivity index (χ4v) is 3.92. The summed E-state index contributed by atoms with van der Waals surface area (Å²) in [5.74, 6) is 0. The predicted octanol–water partition coefficient (Wildman–Crippen LogP) is 0.390. The molecule has 0 amide bonds. The molecule has 1 aromatic carbocycles. The molecule has 0 spiro atoms. The topological polar surface area (TPSA) is 66.6 Å². The monoisotopic (exact) mass is 283 g/mol. The Morgan fingerprint density at radius 1 is 1.21 bits per heavy atom. The quantitative estimate of drug-likeness (QED) is 0.871. The number of piperazine rings is 1. The van der Waals surface area contributed by atoms with Gasteiger partial charge in [0, 0.05) is 32.7 Å². The fraction of sp³-hybridized carbons (Fsp3) is 0.538. The molecule has 1 aromatic rings. The third-order valence-corrected chi connectivity index (χ3v) is 5.61. The number of rotatable bonds is 3. The van der Waals surface area contributed by atoms with E-state index in [2.05, 4.69) is 4.90 Å². The van der Waals surface area contributed by atoms with Gasteiger partial charge < -0.3 is 10.6 Å². The van der Waals surface area contributed by atoms with Crippen molar-refractivity contribution in [1.29, 1.82) is 0 Å². The third-order valence-electron chi connectivity index (χ3n) is 3.56. The van der Waals surface area contributed by atoms with E-state index in [1.807, 2.05) is 20.0 Å². The van der Waals surface area contributed by atoms with E-state index in [1.165, 1.54) is 0 Å². The average Bonchev–Trinajstić information content (AvgIpc) is 2.38. The maximum Gasteiger partial charge on any atom is 0.243 e. The highest BCUT2D eigenvalue weighted by molar-refractivity contribution is 7.89. The lowest BCUT2D eigenvalue weighted by molar-refractivity contribution is 0.222. The molecule has 0 aromatic heterocycles. The molecule has 0 bridgehead atoms. The average molecular weight is 283 g/mol. The largest absolute Gasteiger partial charge is 0.326 e. The maximum absolute atomic E-state index is 12.6. The second-order valence-electron chi connectivity index (χ2n) is 5.01. The molecule has 5 nitrogen and oxygen atoms in total. The molecular formula is C13H21N3O2S. The number of hydrogen-bond donors (Lipinski definition) is 1. The van der Waals surface area contributed by atoms with E-state index in [9.17, 15) is 8.42 Å². The van der Waals surface area contributed by atoms with Crippen LogP contribution in [0.2, 0.25) is 0 Å². The van der Waals surface area contributed by atoms with Crippen molar-refractivity contribution >= 4 is 10.0 Å². The summed E-state index contributed by atoms with van der Waals surface area (Å²) in [5.41, 5.74) is 7.29. The number of benzene rings is 1. The summed E-state index contributed by atoms with van der Waals surface area (Å²) in [7, 11) is -1.37. The summed E-state index contributed by atoms with van der Waals surface area (Å²) in [5, 5.41) is 0. The van der Waals surface area contributed by atoms with E-state index in [0.717, 1.165) is 24.2 Å². The minimum atomic E-state index is -3.38. The van der Waals surface area contributed by atoms with Crippen LogP contribution in [0.3, 0.4) is 0 Å². The van der Waals surface area contributed by atoms with Crippen LogP contribution in [-0.4, -0.2) is 50.8 Å². The Hall–Kier alpha value is -0.950. The van der Waals surface area contributed by atoms with Crippen molar-refractivity contribution in [2.24, 2.45) is 5.73 Å². The molecule has 6 heteroatoms. The lowest BCUT2D eigenvalue weighted by Crippen LogP contribution is -2.47. The van der Waals surface area contributed by atoms with E-state index in [0.29, 0.717) is 24.5 Å². The zero-order chi connectivity index (χ0) is 14.0. The Morgan fingerprint density at radius 3 is 2.37 bits per heavy atom. The first kappa shape index (κ1) is 14.5. The smallest absolute Gasteiger partial charge is 0.243 e. The SMILES string of the molecule is Cc1cc(CN)ccc1S(=O)(=O)N1CCN(C)CC1. The molecule has 1 saturated heterocycles. The van der Waals surface area contributed by atoms with Crippen LogP contribution in [0.15, 0.2) is 23.1 Å². The van der Waals surface area contributed by atoms with Gasteiger partial charge in [-0.05, 0) is 31.2 Å². The van der Waals surface area contributed by atoms with Crippen molar-refractivity contribution in [2.45, 2.75) is 18.4 Å². The van der Waals surface area contributed by atoms with Gasteiger partial charge in [0.15, 0.2) is 0 Å². The molecule has 0 aliphatic carbocycles. The lowest BCUT2D eigenvalue weighted by Gasteiger charge is -2.31. The Bertz CT molecular complexity index is 549. The standard InChI is InChI=1S/C13H21N3O2S/c1-11-9-12(10-14)3-4-13(11)19(17,18)16-7-5-15(2)6-8-16/h3-4,9H,5-8,10,14H2,1-2H3. The molecule has 0 radical (unpaired) electrons. The van der Waals surface area contributed by atoms with Gasteiger partial charge in [0.05, 0.1) is 4.90 Å². The Balaban J connectivity index is 2.29. The maximum atomic E-state index is 12.6. The van der Waals surface area contributed by atoms with Crippen LogP contribution in [0.4, 0.5) is 0 Å². The van der Waals surface area contributed by atoms with Crippen LogP contribution in [0.1, 0.15) is 11.1 Å². The molecule has 0 atom stereocenters. The number of nitrogens with two attached hydrogens (primary N) is 1. The molecule has 1 aliphatic heterocycles. The van der Waals surface area contributed by atoms with Gasteiger partial charge in [-0.25, -0.2) is 8.42 Å². The number of likely N-dealkylation sites (N-methyl/N-ethyl adjacent to an activating group) is 1. The molecule has 2 rings (SSSR count). The second-order valence-corrected chi connectivity index (χ2v) is 6.92. The van der Waals surface area contributed by atoms with E-state index < -0.39 is 10.0 Å². The van der Waals surface area contributed by atoms with Crippen LogP contribution >= 0.6 is 0 Å². The Morgan fingerprint density at radius 2 is 1.84 bits per heavy atom. The molecule has 106 valence electrons. The summed E-state index contributed by atoms with van der Waals surface area (Å²) >= 11 is 0. The molecule has 19 heavy (non-hydrogen) atoms. The van der Waals surface area contributed by atoms with Crippen molar-refractivity contribution in [3.8, 4) is 0 Å².